The smallest absolute Gasteiger partial charge is 0.272 e. The van der Waals surface area contributed by atoms with Gasteiger partial charge in [-0.3, -0.25) is 0 Å². The van der Waals surface area contributed by atoms with Gasteiger partial charge in [-0.1, -0.05) is 30.3 Å². The van der Waals surface area contributed by atoms with Crippen molar-refractivity contribution in [3.63, 3.8) is 0 Å². The summed E-state index contributed by atoms with van der Waals surface area (Å²) in [6.45, 7) is 0.440. The van der Waals surface area contributed by atoms with Crippen LogP contribution < -0.4 is 5.32 Å². The maximum absolute atomic E-state index is 13.2. The molecule has 6 nitrogen and oxygen atoms in total. The monoisotopic (exact) mass is 320 g/mol. The number of aromatic nitrogens is 5. The zero-order chi connectivity index (χ0) is 16.4. The summed E-state index contributed by atoms with van der Waals surface area (Å²) in [5.74, 6) is 0.656. The molecule has 0 amide bonds. The van der Waals surface area contributed by atoms with E-state index in [4.69, 9.17) is 0 Å². The van der Waals surface area contributed by atoms with Gasteiger partial charge in [0.15, 0.2) is 5.82 Å². The molecule has 0 aliphatic rings. The van der Waals surface area contributed by atoms with Gasteiger partial charge in [0, 0.05) is 11.9 Å². The number of fused-ring (bicyclic) bond motifs is 1. The zero-order valence-electron chi connectivity index (χ0n) is 12.6. The highest BCUT2D eigenvalue weighted by Crippen LogP contribution is 2.16. The zero-order valence-corrected chi connectivity index (χ0v) is 12.6. The van der Waals surface area contributed by atoms with Gasteiger partial charge in [0.1, 0.15) is 5.82 Å². The number of nitrogens with one attached hydrogen (secondary N) is 1. The number of halogens is 1. The Kier molecular flexibility index (Phi) is 3.59. The minimum atomic E-state index is -0.265. The lowest BCUT2D eigenvalue weighted by molar-refractivity contribution is 0.626. The topological polar surface area (TPSA) is 68.5 Å². The van der Waals surface area contributed by atoms with E-state index in [0.29, 0.717) is 18.3 Å². The SMILES string of the molecule is Fc1cccc(CNc2cnnc(-n3ncc4ccccc43)n2)c1. The second kappa shape index (κ2) is 6.04. The van der Waals surface area contributed by atoms with Crippen LogP contribution in [0.25, 0.3) is 16.9 Å². The fourth-order valence-corrected chi connectivity index (χ4v) is 2.44. The Hall–Kier alpha value is -3.35. The lowest BCUT2D eigenvalue weighted by atomic mass is 10.2. The molecule has 2 aromatic carbocycles. The average molecular weight is 320 g/mol. The summed E-state index contributed by atoms with van der Waals surface area (Å²) < 4.78 is 14.8. The van der Waals surface area contributed by atoms with E-state index in [9.17, 15) is 4.39 Å². The van der Waals surface area contributed by atoms with Gasteiger partial charge >= 0.3 is 0 Å². The Balaban J connectivity index is 1.60. The molecule has 0 aliphatic heterocycles. The molecular formula is C17H13FN6. The summed E-state index contributed by atoms with van der Waals surface area (Å²) in [6, 6.07) is 14.2. The molecule has 118 valence electrons. The maximum Gasteiger partial charge on any atom is 0.272 e. The van der Waals surface area contributed by atoms with Crippen LogP contribution in [0.15, 0.2) is 60.9 Å². The summed E-state index contributed by atoms with van der Waals surface area (Å²) in [7, 11) is 0. The van der Waals surface area contributed by atoms with Crippen molar-refractivity contribution < 1.29 is 4.39 Å². The molecule has 0 saturated heterocycles. The van der Waals surface area contributed by atoms with E-state index in [1.807, 2.05) is 30.3 Å². The molecule has 0 spiro atoms. The van der Waals surface area contributed by atoms with Crippen LogP contribution in [0.2, 0.25) is 0 Å². The highest BCUT2D eigenvalue weighted by Gasteiger charge is 2.08. The average Bonchev–Trinajstić information content (AvgIpc) is 3.04. The van der Waals surface area contributed by atoms with E-state index in [2.05, 4.69) is 25.6 Å². The summed E-state index contributed by atoms with van der Waals surface area (Å²) in [6.07, 6.45) is 3.28. The molecule has 1 N–H and O–H groups in total. The van der Waals surface area contributed by atoms with Crippen LogP contribution in [0.3, 0.4) is 0 Å². The van der Waals surface area contributed by atoms with E-state index in [0.717, 1.165) is 16.5 Å². The predicted octanol–water partition coefficient (Wildman–Crippen LogP) is 2.96. The number of para-hydroxylation sites is 1. The van der Waals surface area contributed by atoms with E-state index < -0.39 is 0 Å². The first-order chi connectivity index (χ1) is 11.8. The molecule has 0 radical (unpaired) electrons. The summed E-state index contributed by atoms with van der Waals surface area (Å²) in [5.41, 5.74) is 1.72. The third-order valence-corrected chi connectivity index (χ3v) is 3.58. The summed E-state index contributed by atoms with van der Waals surface area (Å²) in [4.78, 5) is 4.42. The highest BCUT2D eigenvalue weighted by atomic mass is 19.1. The van der Waals surface area contributed by atoms with E-state index in [1.165, 1.54) is 18.3 Å². The fraction of sp³-hybridized carbons (Fsp3) is 0.0588. The number of hydrogen-bond acceptors (Lipinski definition) is 5. The van der Waals surface area contributed by atoms with Gasteiger partial charge in [-0.2, -0.15) is 19.9 Å². The summed E-state index contributed by atoms with van der Waals surface area (Å²) >= 11 is 0. The van der Waals surface area contributed by atoms with Gasteiger partial charge in [-0.25, -0.2) is 4.39 Å². The van der Waals surface area contributed by atoms with Crippen LogP contribution in [-0.4, -0.2) is 25.0 Å². The van der Waals surface area contributed by atoms with Crippen LogP contribution in [0.1, 0.15) is 5.56 Å². The van der Waals surface area contributed by atoms with Gasteiger partial charge < -0.3 is 5.32 Å². The van der Waals surface area contributed by atoms with Crippen molar-refractivity contribution in [1.29, 1.82) is 0 Å². The van der Waals surface area contributed by atoms with Gasteiger partial charge in [0.25, 0.3) is 5.95 Å². The Bertz CT molecular complexity index is 997. The maximum atomic E-state index is 13.2. The Morgan fingerprint density at radius 2 is 1.96 bits per heavy atom. The molecule has 0 bridgehead atoms. The van der Waals surface area contributed by atoms with Crippen LogP contribution in [0.5, 0.6) is 0 Å². The first-order valence-electron chi connectivity index (χ1n) is 7.41. The minimum absolute atomic E-state index is 0.265. The van der Waals surface area contributed by atoms with Crippen molar-refractivity contribution >= 4 is 16.7 Å². The number of anilines is 1. The Morgan fingerprint density at radius 1 is 1.04 bits per heavy atom. The van der Waals surface area contributed by atoms with Gasteiger partial charge in [-0.05, 0) is 23.8 Å². The normalized spacial score (nSPS) is 10.9. The number of benzene rings is 2. The van der Waals surface area contributed by atoms with Crippen molar-refractivity contribution in [1.82, 2.24) is 25.0 Å². The fourth-order valence-electron chi connectivity index (χ4n) is 2.44. The number of rotatable bonds is 4. The molecule has 2 heterocycles. The first-order valence-corrected chi connectivity index (χ1v) is 7.41. The molecule has 0 aliphatic carbocycles. The van der Waals surface area contributed by atoms with Crippen molar-refractivity contribution in [3.05, 3.63) is 72.3 Å². The third kappa shape index (κ3) is 2.79. The van der Waals surface area contributed by atoms with Crippen LogP contribution in [-0.2, 0) is 6.54 Å². The number of hydrogen-bond donors (Lipinski definition) is 1. The molecule has 4 aromatic rings. The van der Waals surface area contributed by atoms with Crippen molar-refractivity contribution in [3.8, 4) is 5.95 Å². The molecular weight excluding hydrogens is 307 g/mol. The second-order valence-corrected chi connectivity index (χ2v) is 5.24. The standard InChI is InChI=1S/C17H13FN6/c18-14-6-3-4-12(8-14)9-19-16-11-20-23-17(22-16)24-15-7-2-1-5-13(15)10-21-24/h1-8,10-11H,9H2,(H,19,22,23). The van der Waals surface area contributed by atoms with Gasteiger partial charge in [-0.15, -0.1) is 5.10 Å². The molecule has 0 saturated carbocycles. The van der Waals surface area contributed by atoms with Crippen molar-refractivity contribution in [2.45, 2.75) is 6.54 Å². The van der Waals surface area contributed by atoms with E-state index in [1.54, 1.807) is 16.9 Å². The molecule has 0 unspecified atom stereocenters. The number of nitrogens with zero attached hydrogens (tertiary/aromatic N) is 5. The largest absolute Gasteiger partial charge is 0.365 e. The Morgan fingerprint density at radius 3 is 2.88 bits per heavy atom. The van der Waals surface area contributed by atoms with Gasteiger partial charge in [0.05, 0.1) is 17.9 Å². The van der Waals surface area contributed by atoms with Crippen molar-refractivity contribution in [2.24, 2.45) is 0 Å². The minimum Gasteiger partial charge on any atom is -0.365 e. The molecule has 0 atom stereocenters. The third-order valence-electron chi connectivity index (χ3n) is 3.58. The second-order valence-electron chi connectivity index (χ2n) is 5.24. The van der Waals surface area contributed by atoms with E-state index >= 15 is 0 Å². The molecule has 4 rings (SSSR count). The van der Waals surface area contributed by atoms with Crippen LogP contribution in [0.4, 0.5) is 10.2 Å². The lowest BCUT2D eigenvalue weighted by Gasteiger charge is -2.07. The molecule has 7 heteroatoms. The first kappa shape index (κ1) is 14.3. The summed E-state index contributed by atoms with van der Waals surface area (Å²) in [5, 5.41) is 16.4. The molecule has 2 aromatic heterocycles. The predicted molar refractivity (Wildman–Crippen MR) is 88.2 cm³/mol. The quantitative estimate of drug-likeness (QED) is 0.626. The van der Waals surface area contributed by atoms with Gasteiger partial charge in [0.2, 0.25) is 0 Å². The lowest BCUT2D eigenvalue weighted by Crippen LogP contribution is -2.08. The van der Waals surface area contributed by atoms with Crippen molar-refractivity contribution in [2.75, 3.05) is 5.32 Å². The van der Waals surface area contributed by atoms with Crippen LogP contribution >= 0.6 is 0 Å². The highest BCUT2D eigenvalue weighted by molar-refractivity contribution is 5.79. The Labute approximate surface area is 137 Å². The van der Waals surface area contributed by atoms with Crippen LogP contribution in [0, 0.1) is 5.82 Å². The van der Waals surface area contributed by atoms with E-state index in [-0.39, 0.29) is 5.82 Å². The molecule has 24 heavy (non-hydrogen) atoms. The molecule has 0 fully saturated rings.